The van der Waals surface area contributed by atoms with Gasteiger partial charge in [0, 0.05) is 72.4 Å². The molecule has 0 unspecified atom stereocenters. The molecule has 0 aliphatic heterocycles. The molecule has 3 heterocycles. The number of furan rings is 3. The number of hydrogen-bond acceptors (Lipinski definition) is 4. The van der Waals surface area contributed by atoms with E-state index in [0.717, 1.165) is 73.5 Å². The van der Waals surface area contributed by atoms with Crippen LogP contribution in [0, 0.1) is 0 Å². The molecule has 0 spiro atoms. The molecular weight excluding hydrogens is 1900 g/mol. The Labute approximate surface area is 814 Å². The third-order valence-electron chi connectivity index (χ3n) is 26.1. The van der Waals surface area contributed by atoms with Gasteiger partial charge in [0.1, 0.15) is 33.5 Å². The molecule has 0 atom stereocenters. The summed E-state index contributed by atoms with van der Waals surface area (Å²) < 4.78 is 22.3. The van der Waals surface area contributed by atoms with Crippen molar-refractivity contribution in [3.05, 3.63) is 501 Å². The number of hydrogen-bond donors (Lipinski definition) is 1. The standard InChI is InChI=1S/C36H27N.C27H19BrO.C24H15BrO.C21H17Br.C18H11BrO/c1-3-7-27(8-4-1)29-11-15-31(16-12-29)33-19-23-35(24-20-33)37-36-25-21-34(22-26-36)32-17-13-30(14-18-32)28-9-5-2-6-10-28;1-27(2)23-14-17(7-10-19(23)20-11-9-18(28)15-24(20)27)16-8-12-26-22(13-16)21-5-3-4-6-25(21)29-26;25-20-12-9-17(10-13-20)16-5-7-18(8-6-16)19-11-14-24-22(15-19)21-3-1-2-4-23(21)26-24;1-21(2)19-12-15(14-6-4-3-5-7-14)8-10-17(19)18-11-9-16(22)13-20(18)21;19-14-8-5-12(6-9-14)13-7-10-18-16(11-13)15-3-1-2-4-17(15)20-18/h1-26,37H;3-15H,1-2H3;1-15H;3-13H,1-2H3;1-11H. The second kappa shape index (κ2) is 37.3. The monoisotopic (exact) mass is 1980 g/mol. The first-order valence-corrected chi connectivity index (χ1v) is 48.3. The van der Waals surface area contributed by atoms with Gasteiger partial charge in [-0.2, -0.15) is 0 Å². The van der Waals surface area contributed by atoms with Gasteiger partial charge in [-0.05, 0) is 284 Å². The van der Waals surface area contributed by atoms with Crippen LogP contribution in [0.2, 0.25) is 0 Å². The molecule has 0 bridgehead atoms. The highest BCUT2D eigenvalue weighted by atomic mass is 79.9. The Hall–Kier alpha value is -14.5. The average molecular weight is 1980 g/mol. The lowest BCUT2D eigenvalue weighted by Gasteiger charge is -2.22. The summed E-state index contributed by atoms with van der Waals surface area (Å²) in [6.07, 6.45) is 0. The summed E-state index contributed by atoms with van der Waals surface area (Å²) in [6, 6.07) is 163. The Kier molecular flexibility index (Phi) is 24.0. The maximum absolute atomic E-state index is 6.00. The average Bonchev–Trinajstić information content (AvgIpc) is 1.57. The number of benzene rings is 20. The molecule has 0 amide bonds. The fourth-order valence-corrected chi connectivity index (χ4v) is 20.1. The lowest BCUT2D eigenvalue weighted by Crippen LogP contribution is -2.15. The van der Waals surface area contributed by atoms with E-state index in [0.29, 0.717) is 0 Å². The van der Waals surface area contributed by atoms with E-state index in [4.69, 9.17) is 13.3 Å². The highest BCUT2D eigenvalue weighted by molar-refractivity contribution is 9.11. The second-order valence-electron chi connectivity index (χ2n) is 35.2. The molecule has 25 rings (SSSR count). The van der Waals surface area contributed by atoms with E-state index in [1.165, 1.54) is 166 Å². The number of nitrogens with one attached hydrogen (secondary N) is 1. The molecule has 20 aromatic carbocycles. The van der Waals surface area contributed by atoms with Crippen LogP contribution in [0.1, 0.15) is 49.9 Å². The van der Waals surface area contributed by atoms with Gasteiger partial charge in [0.15, 0.2) is 0 Å². The van der Waals surface area contributed by atoms with Gasteiger partial charge in [-0.1, -0.05) is 413 Å². The number of anilines is 2. The summed E-state index contributed by atoms with van der Waals surface area (Å²) in [6.45, 7) is 9.28. The summed E-state index contributed by atoms with van der Waals surface area (Å²) in [5.74, 6) is 0. The van der Waals surface area contributed by atoms with E-state index in [2.05, 4.69) is 497 Å². The molecule has 2 aliphatic rings. The normalized spacial score (nSPS) is 12.3. The van der Waals surface area contributed by atoms with Gasteiger partial charge < -0.3 is 18.6 Å². The lowest BCUT2D eigenvalue weighted by atomic mass is 9.81. The Bertz CT molecular complexity index is 8100. The molecule has 8 heteroatoms. The zero-order chi connectivity index (χ0) is 91.0. The molecule has 3 aromatic heterocycles. The molecule has 23 aromatic rings. The minimum Gasteiger partial charge on any atom is -0.456 e. The van der Waals surface area contributed by atoms with Crippen molar-refractivity contribution >= 4 is 141 Å². The van der Waals surface area contributed by atoms with Crippen LogP contribution in [0.5, 0.6) is 0 Å². The first-order valence-electron chi connectivity index (χ1n) is 45.1. The summed E-state index contributed by atoms with van der Waals surface area (Å²) in [5, 5.41) is 10.5. The van der Waals surface area contributed by atoms with Crippen LogP contribution in [0.3, 0.4) is 0 Å². The van der Waals surface area contributed by atoms with E-state index in [1.807, 2.05) is 60.7 Å². The van der Waals surface area contributed by atoms with Crippen LogP contribution in [-0.4, -0.2) is 0 Å². The van der Waals surface area contributed by atoms with Crippen molar-refractivity contribution < 1.29 is 13.3 Å². The summed E-state index contributed by atoms with van der Waals surface area (Å²) >= 11 is 14.2. The molecular formula is C126H89Br4NO3. The fourth-order valence-electron chi connectivity index (χ4n) is 18.9. The first-order chi connectivity index (χ1) is 65.5. The largest absolute Gasteiger partial charge is 0.456 e. The van der Waals surface area contributed by atoms with Crippen LogP contribution >= 0.6 is 63.7 Å². The maximum atomic E-state index is 6.00. The van der Waals surface area contributed by atoms with Crippen LogP contribution < -0.4 is 5.32 Å². The van der Waals surface area contributed by atoms with E-state index in [1.54, 1.807) is 0 Å². The predicted octanol–water partition coefficient (Wildman–Crippen LogP) is 38.5. The fraction of sp³-hybridized carbons (Fsp3) is 0.0476. The van der Waals surface area contributed by atoms with Crippen molar-refractivity contribution in [1.82, 2.24) is 0 Å². The Morgan fingerprint density at radius 2 is 0.358 bits per heavy atom. The number of rotatable bonds is 11. The van der Waals surface area contributed by atoms with E-state index in [9.17, 15) is 0 Å². The summed E-state index contributed by atoms with van der Waals surface area (Å²) in [5.41, 5.74) is 40.9. The predicted molar refractivity (Wildman–Crippen MR) is 579 cm³/mol. The Morgan fingerprint density at radius 3 is 0.672 bits per heavy atom. The van der Waals surface area contributed by atoms with Crippen molar-refractivity contribution in [2.45, 2.75) is 38.5 Å². The van der Waals surface area contributed by atoms with Crippen LogP contribution in [0.15, 0.2) is 492 Å². The summed E-state index contributed by atoms with van der Waals surface area (Å²) in [7, 11) is 0. The van der Waals surface area contributed by atoms with Gasteiger partial charge >= 0.3 is 0 Å². The van der Waals surface area contributed by atoms with E-state index < -0.39 is 0 Å². The van der Waals surface area contributed by atoms with Crippen molar-refractivity contribution in [2.24, 2.45) is 0 Å². The quantitative estimate of drug-likeness (QED) is 0.140. The summed E-state index contributed by atoms with van der Waals surface area (Å²) in [4.78, 5) is 0. The number of fused-ring (bicyclic) bond motifs is 15. The third kappa shape index (κ3) is 17.8. The third-order valence-corrected chi connectivity index (χ3v) is 28.2. The van der Waals surface area contributed by atoms with Gasteiger partial charge in [0.2, 0.25) is 0 Å². The number of para-hydroxylation sites is 3. The van der Waals surface area contributed by atoms with Crippen LogP contribution in [0.25, 0.3) is 188 Å². The van der Waals surface area contributed by atoms with Gasteiger partial charge in [0.25, 0.3) is 0 Å². The Balaban J connectivity index is 0.000000102. The topological polar surface area (TPSA) is 51.5 Å². The molecule has 0 saturated carbocycles. The van der Waals surface area contributed by atoms with Crippen molar-refractivity contribution in [1.29, 1.82) is 0 Å². The van der Waals surface area contributed by atoms with Crippen molar-refractivity contribution in [2.75, 3.05) is 5.32 Å². The van der Waals surface area contributed by atoms with Gasteiger partial charge in [-0.3, -0.25) is 0 Å². The highest BCUT2D eigenvalue weighted by Crippen LogP contribution is 2.53. The molecule has 1 N–H and O–H groups in total. The molecule has 0 radical (unpaired) electrons. The minimum absolute atomic E-state index is 0.0170. The van der Waals surface area contributed by atoms with E-state index >= 15 is 0 Å². The van der Waals surface area contributed by atoms with E-state index in [-0.39, 0.29) is 10.8 Å². The Morgan fingerprint density at radius 1 is 0.164 bits per heavy atom. The zero-order valence-electron chi connectivity index (χ0n) is 74.1. The van der Waals surface area contributed by atoms with Crippen molar-refractivity contribution in [3.8, 4) is 122 Å². The molecule has 134 heavy (non-hydrogen) atoms. The molecule has 2 aliphatic carbocycles. The van der Waals surface area contributed by atoms with Crippen molar-refractivity contribution in [3.63, 3.8) is 0 Å². The van der Waals surface area contributed by atoms with Gasteiger partial charge in [-0.15, -0.1) is 0 Å². The SMILES string of the molecule is Brc1ccc(-c2ccc(-c3ccc4oc5ccccc5c4c3)cc2)cc1.Brc1ccc(-c2ccc3oc4ccccc4c3c2)cc1.CC1(C)c2cc(Br)ccc2-c2ccc(-c3ccc4oc5ccccc5c4c3)cc21.CC1(C)c2cc(Br)ccc2-c2ccc(-c3ccccc3)cc21.c1ccc(-c2ccc(-c3ccc(Nc4ccc(-c5ccc(-c6ccccc6)cc5)cc4)cc3)cc2)cc1. The minimum atomic E-state index is -0.0170. The molecule has 644 valence electrons. The second-order valence-corrected chi connectivity index (χ2v) is 38.9. The molecule has 0 saturated heterocycles. The smallest absolute Gasteiger partial charge is 0.135 e. The first kappa shape index (κ1) is 86.2. The highest BCUT2D eigenvalue weighted by Gasteiger charge is 2.37. The lowest BCUT2D eigenvalue weighted by molar-refractivity contribution is 0.660. The van der Waals surface area contributed by atoms with Crippen LogP contribution in [0.4, 0.5) is 11.4 Å². The number of halogens is 4. The zero-order valence-corrected chi connectivity index (χ0v) is 80.5. The van der Waals surface area contributed by atoms with Gasteiger partial charge in [-0.25, -0.2) is 0 Å². The van der Waals surface area contributed by atoms with Gasteiger partial charge in [0.05, 0.1) is 0 Å². The maximum Gasteiger partial charge on any atom is 0.135 e. The molecule has 4 nitrogen and oxygen atoms in total. The van der Waals surface area contributed by atoms with Crippen LogP contribution in [-0.2, 0) is 10.8 Å². The molecule has 0 fully saturated rings.